The molecule has 0 aliphatic rings. The minimum absolute atomic E-state index is 0. The van der Waals surface area contributed by atoms with Gasteiger partial charge in [-0.3, -0.25) is 0 Å². The van der Waals surface area contributed by atoms with Gasteiger partial charge in [0, 0.05) is 26.0 Å². The molecule has 1 aromatic heterocycles. The van der Waals surface area contributed by atoms with Gasteiger partial charge in [-0.2, -0.15) is 35.9 Å². The van der Waals surface area contributed by atoms with Crippen LogP contribution in [0.1, 0.15) is 30.9 Å². The van der Waals surface area contributed by atoms with Gasteiger partial charge < -0.3 is 20.5 Å². The Hall–Kier alpha value is -2.22. The van der Waals surface area contributed by atoms with Crippen LogP contribution in [0.2, 0.25) is 0 Å². The topological polar surface area (TPSA) is 82.1 Å². The monoisotopic (exact) mass is 391 g/mol. The van der Waals surface area contributed by atoms with Gasteiger partial charge in [0.1, 0.15) is 11.4 Å². The molecule has 2 N–H and O–H groups in total. The van der Waals surface area contributed by atoms with Crippen LogP contribution in [0.3, 0.4) is 0 Å². The molecule has 0 saturated heterocycles. The predicted molar refractivity (Wildman–Crippen MR) is 99.2 cm³/mol. The van der Waals surface area contributed by atoms with Crippen LogP contribution in [-0.2, 0) is 17.5 Å². The van der Waals surface area contributed by atoms with E-state index in [1.165, 1.54) is 7.11 Å². The Morgan fingerprint density at radius 3 is 2.71 bits per heavy atom. The Labute approximate surface area is 165 Å². The maximum absolute atomic E-state index is 13.3. The fourth-order valence-corrected chi connectivity index (χ4v) is 2.40. The van der Waals surface area contributed by atoms with Gasteiger partial charge in [-0.1, -0.05) is 12.6 Å². The predicted octanol–water partition coefficient (Wildman–Crippen LogP) is 2.75. The van der Waals surface area contributed by atoms with Crippen molar-refractivity contribution >= 4 is 27.6 Å². The van der Waals surface area contributed by atoms with Gasteiger partial charge in [-0.25, -0.2) is 4.98 Å². The van der Waals surface area contributed by atoms with Crippen LogP contribution >= 0.6 is 0 Å². The van der Waals surface area contributed by atoms with Crippen molar-refractivity contribution in [3.8, 4) is 0 Å². The van der Waals surface area contributed by atoms with E-state index in [-0.39, 0.29) is 27.9 Å². The van der Waals surface area contributed by atoms with Crippen molar-refractivity contribution in [1.82, 2.24) is 9.97 Å². The number of hydrogen-bond acceptors (Lipinski definition) is 6. The molecule has 1 heterocycles. The molecule has 28 heavy (non-hydrogen) atoms. The van der Waals surface area contributed by atoms with Gasteiger partial charge in [0.05, 0.1) is 0 Å². The number of anilines is 3. The van der Waals surface area contributed by atoms with Gasteiger partial charge >= 0.3 is 16.3 Å². The van der Waals surface area contributed by atoms with E-state index in [1.54, 1.807) is 18.2 Å². The quantitative estimate of drug-likeness (QED) is 0.505. The summed E-state index contributed by atoms with van der Waals surface area (Å²) in [5, 5.41) is 16.6. The number of nitrogens with one attached hydrogen (secondary N) is 2. The second kappa shape index (κ2) is 10.9. The Bertz CT molecular complexity index is 747. The average molecular weight is 391 g/mol. The first-order valence-corrected chi connectivity index (χ1v) is 8.42. The number of alkyl halides is 3. The molecule has 10 heteroatoms. The summed E-state index contributed by atoms with van der Waals surface area (Å²) in [4.78, 5) is 7.76. The van der Waals surface area contributed by atoms with Crippen LogP contribution in [0.15, 0.2) is 24.4 Å². The van der Waals surface area contributed by atoms with Crippen molar-refractivity contribution in [2.24, 2.45) is 0 Å². The van der Waals surface area contributed by atoms with Crippen molar-refractivity contribution < 1.29 is 23.0 Å². The number of nitrogens with zero attached hydrogens (tertiary/aromatic N) is 2. The zero-order chi connectivity index (χ0) is 19.9. The molecule has 0 aliphatic carbocycles. The summed E-state index contributed by atoms with van der Waals surface area (Å²) in [7, 11) is 1.54. The van der Waals surface area contributed by atoms with E-state index in [9.17, 15) is 18.3 Å². The minimum atomic E-state index is -4.59. The molecule has 1 aromatic carbocycles. The summed E-state index contributed by atoms with van der Waals surface area (Å²) in [5.41, 5.74) is -0.0156. The van der Waals surface area contributed by atoms with Crippen LogP contribution in [0.4, 0.5) is 30.6 Å². The molecule has 0 bridgehead atoms. The van der Waals surface area contributed by atoms with Crippen LogP contribution in [0.5, 0.6) is 0 Å². The summed E-state index contributed by atoms with van der Waals surface area (Å²) >= 11 is 0. The molecule has 1 atom stereocenters. The standard InChI is InChI=1S/C18H21F3N4O2.Be/c1-3-13(7-8-27-2)23-16-15(18(19,20)21)10-22-17(25-16)24-14-6-4-5-12(9-14)11-26;/h4,6,9-10,13H,3,7-8,11H2,1-2H3,(H2,22,23,24,25);/q-2;+2. The fourth-order valence-electron chi connectivity index (χ4n) is 2.40. The van der Waals surface area contributed by atoms with Gasteiger partial charge in [-0.15, -0.1) is 18.7 Å². The van der Waals surface area contributed by atoms with Gasteiger partial charge in [0.25, 0.3) is 0 Å². The number of ether oxygens (including phenoxy) is 1. The van der Waals surface area contributed by atoms with E-state index in [1.807, 2.05) is 6.92 Å². The molecular weight excluding hydrogens is 370 g/mol. The summed E-state index contributed by atoms with van der Waals surface area (Å²) in [6.45, 7) is 1.83. The average Bonchev–Trinajstić information content (AvgIpc) is 2.64. The molecule has 0 aliphatic heterocycles. The molecule has 0 amide bonds. The number of benzene rings is 1. The largest absolute Gasteiger partial charge is 2.00 e. The van der Waals surface area contributed by atoms with Crippen molar-refractivity contribution in [2.75, 3.05) is 24.4 Å². The molecular formula is C18H21BeF3N4O2. The van der Waals surface area contributed by atoms with E-state index in [4.69, 9.17) is 4.74 Å². The molecule has 6 nitrogen and oxygen atoms in total. The van der Waals surface area contributed by atoms with Gasteiger partial charge in [0.2, 0.25) is 5.95 Å². The van der Waals surface area contributed by atoms with Gasteiger partial charge in [0.15, 0.2) is 0 Å². The minimum Gasteiger partial charge on any atom is -0.853 e. The summed E-state index contributed by atoms with van der Waals surface area (Å²) < 4.78 is 44.9. The van der Waals surface area contributed by atoms with E-state index in [0.717, 1.165) is 6.20 Å². The first-order valence-electron chi connectivity index (χ1n) is 8.42. The smallest absolute Gasteiger partial charge is 0.853 e. The maximum atomic E-state index is 13.3. The van der Waals surface area contributed by atoms with Crippen molar-refractivity contribution in [3.05, 3.63) is 41.6 Å². The van der Waals surface area contributed by atoms with Gasteiger partial charge in [-0.05, 0) is 12.8 Å². The van der Waals surface area contributed by atoms with Crippen LogP contribution < -0.4 is 15.7 Å². The molecule has 0 spiro atoms. The number of methoxy groups -OCH3 is 1. The Morgan fingerprint density at radius 1 is 1.36 bits per heavy atom. The zero-order valence-corrected chi connectivity index (χ0v) is 15.8. The van der Waals surface area contributed by atoms with Crippen molar-refractivity contribution in [2.45, 2.75) is 38.6 Å². The first kappa shape index (κ1) is 23.8. The summed E-state index contributed by atoms with van der Waals surface area (Å²) in [6.07, 6.45) is -2.70. The third-order valence-corrected chi connectivity index (χ3v) is 3.87. The normalized spacial score (nSPS) is 12.2. The molecule has 0 saturated carbocycles. The van der Waals surface area contributed by atoms with E-state index in [0.29, 0.717) is 30.7 Å². The second-order valence-electron chi connectivity index (χ2n) is 5.86. The van der Waals surface area contributed by atoms with Crippen LogP contribution in [0, 0.1) is 6.07 Å². The van der Waals surface area contributed by atoms with Crippen molar-refractivity contribution in [1.29, 1.82) is 0 Å². The number of rotatable bonds is 9. The van der Waals surface area contributed by atoms with Crippen molar-refractivity contribution in [3.63, 3.8) is 0 Å². The number of aromatic nitrogens is 2. The molecule has 1 unspecified atom stereocenters. The zero-order valence-electron chi connectivity index (χ0n) is 15.8. The molecule has 2 aromatic rings. The number of halogens is 3. The summed E-state index contributed by atoms with van der Waals surface area (Å²) in [5.74, 6) is -0.301. The van der Waals surface area contributed by atoms with Crippen LogP contribution in [0.25, 0.3) is 0 Å². The van der Waals surface area contributed by atoms with E-state index >= 15 is 0 Å². The Morgan fingerprint density at radius 2 is 2.11 bits per heavy atom. The Kier molecular flexibility index (Phi) is 9.31. The third-order valence-electron chi connectivity index (χ3n) is 3.87. The SMILES string of the molecule is CCC(CCOC)Nc1nc(Nc2cc[c-]c(C[O-])c2)ncc1C(F)(F)F.[Be+2]. The second-order valence-corrected chi connectivity index (χ2v) is 5.86. The number of hydrogen-bond donors (Lipinski definition) is 2. The third kappa shape index (κ3) is 6.74. The molecule has 0 radical (unpaired) electrons. The molecule has 2 rings (SSSR count). The Balaban J connectivity index is 0.00000392. The first-order chi connectivity index (χ1) is 12.9. The van der Waals surface area contributed by atoms with Crippen LogP contribution in [-0.4, -0.2) is 39.8 Å². The fraction of sp³-hybridized carbons (Fsp3) is 0.444. The maximum Gasteiger partial charge on any atom is 2.00 e. The van der Waals surface area contributed by atoms with E-state index < -0.39 is 18.3 Å². The summed E-state index contributed by atoms with van der Waals surface area (Å²) in [6, 6.07) is 7.27. The molecule has 148 valence electrons. The van der Waals surface area contributed by atoms with E-state index in [2.05, 4.69) is 26.7 Å². The molecule has 0 fully saturated rings.